The van der Waals surface area contributed by atoms with Gasteiger partial charge >= 0.3 is 0 Å². The Bertz CT molecular complexity index is 1080. The Morgan fingerprint density at radius 2 is 1.75 bits per heavy atom. The first kappa shape index (κ1) is 23.7. The van der Waals surface area contributed by atoms with Crippen molar-refractivity contribution >= 4 is 27.5 Å². The van der Waals surface area contributed by atoms with Gasteiger partial charge in [0.05, 0.1) is 19.4 Å². The van der Waals surface area contributed by atoms with Gasteiger partial charge in [-0.3, -0.25) is 14.5 Å². The zero-order chi connectivity index (χ0) is 23.5. The summed E-state index contributed by atoms with van der Waals surface area (Å²) < 4.78 is 30.9. The molecule has 0 aliphatic carbocycles. The number of rotatable bonds is 7. The summed E-state index contributed by atoms with van der Waals surface area (Å²) in [5, 5.41) is 2.87. The van der Waals surface area contributed by atoms with Crippen LogP contribution >= 0.6 is 0 Å². The molecule has 32 heavy (non-hydrogen) atoms. The fourth-order valence-electron chi connectivity index (χ4n) is 3.74. The molecule has 2 aromatic rings. The lowest BCUT2D eigenvalue weighted by Crippen LogP contribution is -2.70. The fourth-order valence-corrected chi connectivity index (χ4v) is 4.57. The second-order valence-corrected chi connectivity index (χ2v) is 10.1. The van der Waals surface area contributed by atoms with Crippen LogP contribution in [0.15, 0.2) is 48.5 Å². The summed E-state index contributed by atoms with van der Waals surface area (Å²) in [5.74, 6) is -0.267. The molecule has 0 radical (unpaired) electrons. The number of anilines is 1. The Kier molecular flexibility index (Phi) is 6.90. The summed E-state index contributed by atoms with van der Waals surface area (Å²) in [6.45, 7) is 5.73. The summed E-state index contributed by atoms with van der Waals surface area (Å²) in [5.41, 5.74) is 1.08. The van der Waals surface area contributed by atoms with Crippen LogP contribution in [0.5, 0.6) is 5.75 Å². The molecule has 1 aliphatic rings. The van der Waals surface area contributed by atoms with Gasteiger partial charge in [-0.15, -0.1) is 0 Å². The molecule has 0 aromatic heterocycles. The number of nitrogens with one attached hydrogen (secondary N) is 1. The van der Waals surface area contributed by atoms with Gasteiger partial charge in [0, 0.05) is 18.8 Å². The van der Waals surface area contributed by atoms with Crippen molar-refractivity contribution in [3.63, 3.8) is 0 Å². The van der Waals surface area contributed by atoms with Gasteiger partial charge in [-0.25, -0.2) is 8.42 Å². The molecule has 0 saturated carbocycles. The molecule has 3 rings (SSSR count). The second kappa shape index (κ2) is 9.30. The number of hydrogen-bond acceptors (Lipinski definition) is 5. The van der Waals surface area contributed by atoms with Crippen molar-refractivity contribution in [2.75, 3.05) is 30.9 Å². The molecule has 1 N–H and O–H groups in total. The lowest BCUT2D eigenvalue weighted by Gasteiger charge is -2.46. The summed E-state index contributed by atoms with van der Waals surface area (Å²) in [7, 11) is -3.67. The molecule has 1 saturated heterocycles. The first-order valence-corrected chi connectivity index (χ1v) is 12.2. The van der Waals surface area contributed by atoms with Crippen LogP contribution in [0.25, 0.3) is 0 Å². The van der Waals surface area contributed by atoms with E-state index in [1.165, 1.54) is 4.90 Å². The standard InChI is InChI=1S/C23H29N3O5S/c1-5-31-20-12-10-19(11-13-20)26-21(27)15-25(32(4,29)30)16-23(26,3)22(28)24-14-18-8-6-17(2)7-9-18/h6-13H,5,14-16H2,1-4H3,(H,24,28). The van der Waals surface area contributed by atoms with Gasteiger partial charge in [0.15, 0.2) is 0 Å². The van der Waals surface area contributed by atoms with E-state index in [-0.39, 0.29) is 19.6 Å². The minimum atomic E-state index is -3.67. The molecule has 0 bridgehead atoms. The number of carbonyl (C=O) groups excluding carboxylic acids is 2. The van der Waals surface area contributed by atoms with Crippen molar-refractivity contribution in [3.8, 4) is 5.75 Å². The topological polar surface area (TPSA) is 96.0 Å². The number of benzene rings is 2. The number of ether oxygens (including phenoxy) is 1. The monoisotopic (exact) mass is 459 g/mol. The number of sulfonamides is 1. The number of hydrogen-bond donors (Lipinski definition) is 1. The molecule has 0 spiro atoms. The van der Waals surface area contributed by atoms with Gasteiger partial charge in [-0.05, 0) is 50.6 Å². The van der Waals surface area contributed by atoms with E-state index in [0.29, 0.717) is 18.0 Å². The van der Waals surface area contributed by atoms with Crippen molar-refractivity contribution in [1.29, 1.82) is 0 Å². The maximum absolute atomic E-state index is 13.4. The van der Waals surface area contributed by atoms with Crippen molar-refractivity contribution in [2.24, 2.45) is 0 Å². The van der Waals surface area contributed by atoms with Crippen LogP contribution in [-0.4, -0.2) is 56.0 Å². The van der Waals surface area contributed by atoms with E-state index < -0.39 is 27.4 Å². The van der Waals surface area contributed by atoms with Crippen molar-refractivity contribution < 1.29 is 22.7 Å². The highest BCUT2D eigenvalue weighted by atomic mass is 32.2. The average molecular weight is 460 g/mol. The maximum atomic E-state index is 13.4. The normalized spacial score (nSPS) is 19.6. The third-order valence-corrected chi connectivity index (χ3v) is 6.67. The zero-order valence-electron chi connectivity index (χ0n) is 18.8. The van der Waals surface area contributed by atoms with Crippen LogP contribution < -0.4 is 15.0 Å². The van der Waals surface area contributed by atoms with Crippen LogP contribution in [0.4, 0.5) is 5.69 Å². The molecule has 1 unspecified atom stereocenters. The number of amides is 2. The smallest absolute Gasteiger partial charge is 0.247 e. The van der Waals surface area contributed by atoms with E-state index in [2.05, 4.69) is 5.32 Å². The highest BCUT2D eigenvalue weighted by molar-refractivity contribution is 7.88. The summed E-state index contributed by atoms with van der Waals surface area (Å²) in [6.07, 6.45) is 1.04. The van der Waals surface area contributed by atoms with Crippen molar-refractivity contribution in [2.45, 2.75) is 32.9 Å². The molecule has 172 valence electrons. The third-order valence-electron chi connectivity index (χ3n) is 5.48. The molecule has 9 heteroatoms. The lowest BCUT2D eigenvalue weighted by molar-refractivity contribution is -0.133. The molecule has 1 fully saturated rings. The van der Waals surface area contributed by atoms with E-state index in [0.717, 1.165) is 21.7 Å². The van der Waals surface area contributed by atoms with Crippen LogP contribution in [0.3, 0.4) is 0 Å². The van der Waals surface area contributed by atoms with Crippen LogP contribution in [0.1, 0.15) is 25.0 Å². The highest BCUT2D eigenvalue weighted by Crippen LogP contribution is 2.31. The number of aryl methyl sites for hydroxylation is 1. The van der Waals surface area contributed by atoms with E-state index >= 15 is 0 Å². The molecule has 8 nitrogen and oxygen atoms in total. The van der Waals surface area contributed by atoms with E-state index in [1.807, 2.05) is 38.1 Å². The van der Waals surface area contributed by atoms with Crippen molar-refractivity contribution in [3.05, 3.63) is 59.7 Å². The van der Waals surface area contributed by atoms with Gasteiger partial charge in [-0.1, -0.05) is 29.8 Å². The minimum absolute atomic E-state index is 0.148. The van der Waals surface area contributed by atoms with Gasteiger partial charge in [0.25, 0.3) is 0 Å². The van der Waals surface area contributed by atoms with E-state index in [1.54, 1.807) is 31.2 Å². The van der Waals surface area contributed by atoms with Gasteiger partial charge < -0.3 is 10.1 Å². The Hall–Kier alpha value is -2.91. The van der Waals surface area contributed by atoms with E-state index in [9.17, 15) is 18.0 Å². The number of nitrogens with zero attached hydrogens (tertiary/aromatic N) is 2. The lowest BCUT2D eigenvalue weighted by atomic mass is 9.94. The van der Waals surface area contributed by atoms with Crippen LogP contribution in [-0.2, 0) is 26.2 Å². The summed E-state index contributed by atoms with van der Waals surface area (Å²) in [6, 6.07) is 14.6. The summed E-state index contributed by atoms with van der Waals surface area (Å²) in [4.78, 5) is 27.9. The molecular weight excluding hydrogens is 430 g/mol. The average Bonchev–Trinajstić information content (AvgIpc) is 2.73. The van der Waals surface area contributed by atoms with Gasteiger partial charge in [0.2, 0.25) is 21.8 Å². The van der Waals surface area contributed by atoms with Crippen LogP contribution in [0, 0.1) is 6.92 Å². The minimum Gasteiger partial charge on any atom is -0.494 e. The molecule has 1 atom stereocenters. The first-order valence-electron chi connectivity index (χ1n) is 10.4. The second-order valence-electron chi connectivity index (χ2n) is 8.13. The molecule has 2 amide bonds. The van der Waals surface area contributed by atoms with Gasteiger partial charge in [0.1, 0.15) is 11.3 Å². The predicted octanol–water partition coefficient (Wildman–Crippen LogP) is 2.08. The largest absolute Gasteiger partial charge is 0.494 e. The van der Waals surface area contributed by atoms with E-state index in [4.69, 9.17) is 4.74 Å². The first-order chi connectivity index (χ1) is 15.0. The number of carbonyl (C=O) groups is 2. The third kappa shape index (κ3) is 5.11. The zero-order valence-corrected chi connectivity index (χ0v) is 19.6. The van der Waals surface area contributed by atoms with Crippen LogP contribution in [0.2, 0.25) is 0 Å². The molecular formula is C23H29N3O5S. The SMILES string of the molecule is CCOc1ccc(N2C(=O)CN(S(C)(=O)=O)CC2(C)C(=O)NCc2ccc(C)cc2)cc1. The molecule has 1 heterocycles. The predicted molar refractivity (Wildman–Crippen MR) is 123 cm³/mol. The Morgan fingerprint density at radius 3 is 2.31 bits per heavy atom. The summed E-state index contributed by atoms with van der Waals surface area (Å²) >= 11 is 0. The Balaban J connectivity index is 1.92. The highest BCUT2D eigenvalue weighted by Gasteiger charge is 2.50. The molecule has 1 aliphatic heterocycles. The number of piperazine rings is 1. The van der Waals surface area contributed by atoms with Crippen molar-refractivity contribution in [1.82, 2.24) is 9.62 Å². The Labute approximate surface area is 189 Å². The quantitative estimate of drug-likeness (QED) is 0.684. The van der Waals surface area contributed by atoms with Gasteiger partial charge in [-0.2, -0.15) is 4.31 Å². The fraction of sp³-hybridized carbons (Fsp3) is 0.391. The maximum Gasteiger partial charge on any atom is 0.247 e. The molecule has 2 aromatic carbocycles. The Morgan fingerprint density at radius 1 is 1.12 bits per heavy atom.